The molecule has 22 heavy (non-hydrogen) atoms. The summed E-state index contributed by atoms with van der Waals surface area (Å²) >= 11 is 0. The smallest absolute Gasteiger partial charge is 0.324 e. The number of carbonyl (C=O) groups excluding carboxylic acids is 2. The van der Waals surface area contributed by atoms with Crippen LogP contribution < -0.4 is 16.4 Å². The molecule has 1 aromatic carbocycles. The average molecular weight is 417 g/mol. The first-order valence-corrected chi connectivity index (χ1v) is 6.70. The molecule has 1 aromatic rings. The lowest BCUT2D eigenvalue weighted by molar-refractivity contribution is -0.124. The van der Waals surface area contributed by atoms with Crippen molar-refractivity contribution in [2.75, 3.05) is 25.0 Å². The number of imide groups is 1. The first kappa shape index (κ1) is 18.2. The average Bonchev–Trinajstić information content (AvgIpc) is 2.74. The predicted molar refractivity (Wildman–Crippen MR) is 96.6 cm³/mol. The zero-order chi connectivity index (χ0) is 15.4. The Hall–Kier alpha value is -1.84. The van der Waals surface area contributed by atoms with Crippen LogP contribution >= 0.6 is 24.0 Å². The molecule has 0 atom stereocenters. The lowest BCUT2D eigenvalue weighted by Gasteiger charge is -2.11. The maximum Gasteiger partial charge on any atom is 0.324 e. The number of benzene rings is 1. The zero-order valence-corrected chi connectivity index (χ0v) is 14.9. The van der Waals surface area contributed by atoms with E-state index >= 15 is 0 Å². The van der Waals surface area contributed by atoms with E-state index in [1.807, 2.05) is 32.0 Å². The molecule has 0 spiro atoms. The highest BCUT2D eigenvalue weighted by molar-refractivity contribution is 14.0. The van der Waals surface area contributed by atoms with Crippen LogP contribution in [0.2, 0.25) is 0 Å². The van der Waals surface area contributed by atoms with E-state index in [2.05, 4.69) is 15.6 Å². The zero-order valence-electron chi connectivity index (χ0n) is 12.5. The number of nitrogens with one attached hydrogen (secondary N) is 2. The number of hydrogen-bond donors (Lipinski definition) is 3. The van der Waals surface area contributed by atoms with Crippen LogP contribution in [0.3, 0.4) is 0 Å². The van der Waals surface area contributed by atoms with Gasteiger partial charge in [-0.1, -0.05) is 6.07 Å². The van der Waals surface area contributed by atoms with E-state index in [0.29, 0.717) is 0 Å². The summed E-state index contributed by atoms with van der Waals surface area (Å²) in [6.07, 6.45) is 0. The molecule has 0 bridgehead atoms. The maximum atomic E-state index is 11.4. The normalized spacial score (nSPS) is 14.6. The molecular formula is C14H20IN5O2. The number of amides is 3. The number of aliphatic imine (C=N–C) groups is 1. The fourth-order valence-corrected chi connectivity index (χ4v) is 1.96. The number of rotatable bonds is 4. The van der Waals surface area contributed by atoms with Gasteiger partial charge in [0, 0.05) is 5.69 Å². The molecule has 8 heteroatoms. The summed E-state index contributed by atoms with van der Waals surface area (Å²) in [5, 5.41) is 5.43. The number of nitrogens with zero attached hydrogens (tertiary/aromatic N) is 2. The molecule has 0 saturated carbocycles. The van der Waals surface area contributed by atoms with Gasteiger partial charge in [0.15, 0.2) is 5.96 Å². The van der Waals surface area contributed by atoms with Gasteiger partial charge in [0.05, 0.1) is 19.6 Å². The molecular weight excluding hydrogens is 397 g/mol. The standard InChI is InChI=1S/C14H19N5O2.HI/c1-9-3-4-11(7-10(9)2)18-13(15)16-5-6-19-12(20)8-17-14(19)21;/h3-4,7H,5-6,8H2,1-2H3,(H,17,21)(H3,15,16,18);1H. The Bertz CT molecular complexity index is 587. The Balaban J connectivity index is 0.00000242. The Kier molecular flexibility index (Phi) is 6.60. The predicted octanol–water partition coefficient (Wildman–Crippen LogP) is 1.20. The number of halogens is 1. The van der Waals surface area contributed by atoms with E-state index < -0.39 is 0 Å². The summed E-state index contributed by atoms with van der Waals surface area (Å²) in [5.41, 5.74) is 9.00. The fourth-order valence-electron chi connectivity index (χ4n) is 1.96. The van der Waals surface area contributed by atoms with Crippen LogP contribution in [0.5, 0.6) is 0 Å². The summed E-state index contributed by atoms with van der Waals surface area (Å²) in [5.74, 6) is 0.0150. The summed E-state index contributed by atoms with van der Waals surface area (Å²) in [7, 11) is 0. The molecule has 0 unspecified atom stereocenters. The summed E-state index contributed by atoms with van der Waals surface area (Å²) in [4.78, 5) is 27.9. The Morgan fingerprint density at radius 1 is 1.36 bits per heavy atom. The van der Waals surface area contributed by atoms with E-state index in [1.165, 1.54) is 5.56 Å². The lowest BCUT2D eigenvalue weighted by atomic mass is 10.1. The number of carbonyl (C=O) groups is 2. The molecule has 120 valence electrons. The molecule has 1 fully saturated rings. The number of nitrogens with two attached hydrogens (primary N) is 1. The van der Waals surface area contributed by atoms with Gasteiger partial charge < -0.3 is 16.4 Å². The van der Waals surface area contributed by atoms with Crippen LogP contribution in [0.15, 0.2) is 23.2 Å². The van der Waals surface area contributed by atoms with Gasteiger partial charge in [0.2, 0.25) is 5.91 Å². The second-order valence-electron chi connectivity index (χ2n) is 4.90. The third-order valence-electron chi connectivity index (χ3n) is 3.32. The number of urea groups is 1. The topological polar surface area (TPSA) is 99.8 Å². The summed E-state index contributed by atoms with van der Waals surface area (Å²) in [6.45, 7) is 4.60. The van der Waals surface area contributed by atoms with Crippen LogP contribution in [0.4, 0.5) is 10.5 Å². The minimum atomic E-state index is -0.379. The molecule has 1 aliphatic heterocycles. The Morgan fingerprint density at radius 3 is 2.68 bits per heavy atom. The lowest BCUT2D eigenvalue weighted by Crippen LogP contribution is -2.34. The molecule has 4 N–H and O–H groups in total. The van der Waals surface area contributed by atoms with Crippen molar-refractivity contribution >= 4 is 47.6 Å². The van der Waals surface area contributed by atoms with Crippen LogP contribution in [-0.2, 0) is 4.79 Å². The van der Waals surface area contributed by atoms with E-state index in [-0.39, 0.29) is 61.5 Å². The van der Waals surface area contributed by atoms with E-state index in [4.69, 9.17) is 5.73 Å². The van der Waals surface area contributed by atoms with Crippen molar-refractivity contribution in [3.63, 3.8) is 0 Å². The highest BCUT2D eigenvalue weighted by Gasteiger charge is 2.27. The number of hydrogen-bond acceptors (Lipinski definition) is 3. The number of anilines is 1. The molecule has 1 saturated heterocycles. The van der Waals surface area contributed by atoms with Gasteiger partial charge in [-0.15, -0.1) is 24.0 Å². The monoisotopic (exact) mass is 417 g/mol. The Labute approximate surface area is 146 Å². The van der Waals surface area contributed by atoms with E-state index in [0.717, 1.165) is 16.2 Å². The first-order valence-electron chi connectivity index (χ1n) is 6.70. The highest BCUT2D eigenvalue weighted by Crippen LogP contribution is 2.13. The fraction of sp³-hybridized carbons (Fsp3) is 0.357. The van der Waals surface area contributed by atoms with Crippen molar-refractivity contribution in [1.29, 1.82) is 0 Å². The van der Waals surface area contributed by atoms with Gasteiger partial charge in [-0.2, -0.15) is 0 Å². The highest BCUT2D eigenvalue weighted by atomic mass is 127. The SMILES string of the molecule is Cc1ccc(NC(N)=NCCN2C(=O)CNC2=O)cc1C.I. The van der Waals surface area contributed by atoms with Gasteiger partial charge in [-0.25, -0.2) is 4.79 Å². The molecule has 7 nitrogen and oxygen atoms in total. The third kappa shape index (κ3) is 4.58. The molecule has 3 amide bonds. The molecule has 0 radical (unpaired) electrons. The minimum absolute atomic E-state index is 0. The first-order chi connectivity index (χ1) is 9.97. The number of aryl methyl sites for hydroxylation is 2. The second-order valence-corrected chi connectivity index (χ2v) is 4.90. The number of guanidine groups is 1. The molecule has 0 aliphatic carbocycles. The quantitative estimate of drug-likeness (QED) is 0.297. The van der Waals surface area contributed by atoms with Crippen molar-refractivity contribution < 1.29 is 9.59 Å². The van der Waals surface area contributed by atoms with Crippen molar-refractivity contribution in [2.24, 2.45) is 10.7 Å². The van der Waals surface area contributed by atoms with Crippen molar-refractivity contribution in [1.82, 2.24) is 10.2 Å². The largest absolute Gasteiger partial charge is 0.370 e. The second kappa shape index (κ2) is 7.97. The Morgan fingerprint density at radius 2 is 2.09 bits per heavy atom. The molecule has 0 aromatic heterocycles. The van der Waals surface area contributed by atoms with E-state index in [9.17, 15) is 9.59 Å². The van der Waals surface area contributed by atoms with Gasteiger partial charge in [-0.05, 0) is 37.1 Å². The summed E-state index contributed by atoms with van der Waals surface area (Å²) in [6, 6.07) is 5.52. The van der Waals surface area contributed by atoms with E-state index in [1.54, 1.807) is 0 Å². The minimum Gasteiger partial charge on any atom is -0.370 e. The van der Waals surface area contributed by atoms with Crippen LogP contribution in [0.1, 0.15) is 11.1 Å². The molecule has 1 aliphatic rings. The van der Waals surface area contributed by atoms with Crippen molar-refractivity contribution in [3.05, 3.63) is 29.3 Å². The van der Waals surface area contributed by atoms with Crippen molar-refractivity contribution in [2.45, 2.75) is 13.8 Å². The van der Waals surface area contributed by atoms with Gasteiger partial charge in [0.25, 0.3) is 0 Å². The van der Waals surface area contributed by atoms with Crippen molar-refractivity contribution in [3.8, 4) is 0 Å². The molecule has 1 heterocycles. The van der Waals surface area contributed by atoms with Crippen LogP contribution in [-0.4, -0.2) is 42.4 Å². The maximum absolute atomic E-state index is 11.4. The van der Waals surface area contributed by atoms with Gasteiger partial charge >= 0.3 is 6.03 Å². The van der Waals surface area contributed by atoms with Gasteiger partial charge in [0.1, 0.15) is 0 Å². The summed E-state index contributed by atoms with van der Waals surface area (Å²) < 4.78 is 0. The van der Waals surface area contributed by atoms with Crippen LogP contribution in [0.25, 0.3) is 0 Å². The van der Waals surface area contributed by atoms with Crippen LogP contribution in [0, 0.1) is 13.8 Å². The molecule has 2 rings (SSSR count). The van der Waals surface area contributed by atoms with Gasteiger partial charge in [-0.3, -0.25) is 14.7 Å². The third-order valence-corrected chi connectivity index (χ3v) is 3.32.